The number of benzene rings is 1. The summed E-state index contributed by atoms with van der Waals surface area (Å²) in [5, 5.41) is 8.90. The lowest BCUT2D eigenvalue weighted by molar-refractivity contribution is 0.194. The summed E-state index contributed by atoms with van der Waals surface area (Å²) in [4.78, 5) is 2.15. The lowest BCUT2D eigenvalue weighted by Crippen LogP contribution is -2.31. The Kier molecular flexibility index (Phi) is 6.16. The topological polar surface area (TPSA) is 49.5 Å². The van der Waals surface area contributed by atoms with Crippen molar-refractivity contribution in [1.29, 1.82) is 0 Å². The Morgan fingerprint density at radius 1 is 1.20 bits per heavy atom. The Morgan fingerprint density at radius 2 is 1.87 bits per heavy atom. The molecule has 3 N–H and O–H groups in total. The Morgan fingerprint density at radius 3 is 2.40 bits per heavy atom. The van der Waals surface area contributed by atoms with Crippen LogP contribution < -0.4 is 5.73 Å². The van der Waals surface area contributed by atoms with E-state index in [9.17, 15) is 0 Å². The third-order valence-corrected chi connectivity index (χ3v) is 2.90. The molecule has 1 aromatic rings. The molecule has 0 heterocycles. The molecule has 1 rings (SSSR count). The Hall–Kier alpha value is -0.170. The molecule has 0 aromatic heterocycles. The summed E-state index contributed by atoms with van der Waals surface area (Å²) in [6, 6.07) is 8.41. The highest BCUT2D eigenvalue weighted by Gasteiger charge is 2.03. The second-order valence-corrected chi connectivity index (χ2v) is 4.66. The summed E-state index contributed by atoms with van der Waals surface area (Å²) in [6.07, 6.45) is 0. The van der Waals surface area contributed by atoms with Gasteiger partial charge in [-0.3, -0.25) is 4.90 Å². The maximum atomic E-state index is 8.90. The number of aliphatic hydroxyl groups is 1. The highest BCUT2D eigenvalue weighted by atomic mass is 127. The maximum absolute atomic E-state index is 8.90. The molecule has 0 aliphatic heterocycles. The summed E-state index contributed by atoms with van der Waals surface area (Å²) < 4.78 is 1.24. The van der Waals surface area contributed by atoms with Crippen LogP contribution in [-0.4, -0.2) is 36.2 Å². The van der Waals surface area contributed by atoms with Gasteiger partial charge in [0.1, 0.15) is 0 Å². The number of rotatable bonds is 6. The monoisotopic (exact) mass is 320 g/mol. The van der Waals surface area contributed by atoms with Gasteiger partial charge in [0.15, 0.2) is 0 Å². The number of halogens is 1. The van der Waals surface area contributed by atoms with Gasteiger partial charge in [0, 0.05) is 29.7 Å². The Balaban J connectivity index is 2.53. The second-order valence-electron chi connectivity index (χ2n) is 3.41. The molecule has 0 fully saturated rings. The molecule has 0 bridgehead atoms. The SMILES string of the molecule is NCCN(CCO)Cc1ccc(I)cc1. The van der Waals surface area contributed by atoms with E-state index in [2.05, 4.69) is 51.8 Å². The van der Waals surface area contributed by atoms with Crippen LogP contribution in [0.5, 0.6) is 0 Å². The molecule has 1 aromatic carbocycles. The van der Waals surface area contributed by atoms with Crippen LogP contribution in [-0.2, 0) is 6.54 Å². The van der Waals surface area contributed by atoms with Crippen LogP contribution in [0.1, 0.15) is 5.56 Å². The van der Waals surface area contributed by atoms with E-state index in [0.29, 0.717) is 13.1 Å². The van der Waals surface area contributed by atoms with Crippen molar-refractivity contribution in [3.8, 4) is 0 Å². The van der Waals surface area contributed by atoms with Crippen molar-refractivity contribution in [3.05, 3.63) is 33.4 Å². The van der Waals surface area contributed by atoms with Crippen LogP contribution in [0.25, 0.3) is 0 Å². The van der Waals surface area contributed by atoms with Crippen molar-refractivity contribution in [1.82, 2.24) is 4.90 Å². The number of hydrogen-bond donors (Lipinski definition) is 2. The van der Waals surface area contributed by atoms with Crippen LogP contribution in [0.3, 0.4) is 0 Å². The first-order valence-corrected chi connectivity index (χ1v) is 6.12. The summed E-state index contributed by atoms with van der Waals surface area (Å²) in [7, 11) is 0. The molecule has 0 amide bonds. The summed E-state index contributed by atoms with van der Waals surface area (Å²) >= 11 is 2.29. The molecule has 0 saturated carbocycles. The van der Waals surface area contributed by atoms with E-state index >= 15 is 0 Å². The van der Waals surface area contributed by atoms with Crippen LogP contribution in [0, 0.1) is 3.57 Å². The van der Waals surface area contributed by atoms with Gasteiger partial charge >= 0.3 is 0 Å². The van der Waals surface area contributed by atoms with E-state index in [0.717, 1.165) is 13.1 Å². The zero-order chi connectivity index (χ0) is 11.1. The van der Waals surface area contributed by atoms with Crippen LogP contribution in [0.15, 0.2) is 24.3 Å². The first kappa shape index (κ1) is 12.9. The summed E-state index contributed by atoms with van der Waals surface area (Å²) in [6.45, 7) is 3.18. The molecule has 15 heavy (non-hydrogen) atoms. The van der Waals surface area contributed by atoms with Crippen molar-refractivity contribution in [3.63, 3.8) is 0 Å². The smallest absolute Gasteiger partial charge is 0.0558 e. The number of nitrogens with two attached hydrogens (primary N) is 1. The lowest BCUT2D eigenvalue weighted by Gasteiger charge is -2.20. The third kappa shape index (κ3) is 4.92. The fraction of sp³-hybridized carbons (Fsp3) is 0.455. The minimum absolute atomic E-state index is 0.185. The highest BCUT2D eigenvalue weighted by Crippen LogP contribution is 2.08. The van der Waals surface area contributed by atoms with Crippen molar-refractivity contribution in [2.24, 2.45) is 5.73 Å². The van der Waals surface area contributed by atoms with E-state index in [1.165, 1.54) is 9.13 Å². The van der Waals surface area contributed by atoms with Gasteiger partial charge in [-0.1, -0.05) is 12.1 Å². The average Bonchev–Trinajstić information content (AvgIpc) is 2.22. The van der Waals surface area contributed by atoms with Gasteiger partial charge in [0.05, 0.1) is 6.61 Å². The van der Waals surface area contributed by atoms with E-state index in [1.54, 1.807) is 0 Å². The minimum Gasteiger partial charge on any atom is -0.395 e. The van der Waals surface area contributed by atoms with Crippen molar-refractivity contribution < 1.29 is 5.11 Å². The molecule has 0 unspecified atom stereocenters. The number of hydrogen-bond acceptors (Lipinski definition) is 3. The van der Waals surface area contributed by atoms with Crippen LogP contribution >= 0.6 is 22.6 Å². The first-order valence-electron chi connectivity index (χ1n) is 5.04. The predicted molar refractivity (Wildman–Crippen MR) is 70.6 cm³/mol. The molecule has 0 aliphatic rings. The van der Waals surface area contributed by atoms with E-state index < -0.39 is 0 Å². The highest BCUT2D eigenvalue weighted by molar-refractivity contribution is 14.1. The van der Waals surface area contributed by atoms with Gasteiger partial charge in [-0.15, -0.1) is 0 Å². The summed E-state index contributed by atoms with van der Waals surface area (Å²) in [5.74, 6) is 0. The molecule has 0 atom stereocenters. The van der Waals surface area contributed by atoms with Crippen LogP contribution in [0.4, 0.5) is 0 Å². The molecular formula is C11H17IN2O. The molecule has 3 nitrogen and oxygen atoms in total. The molecule has 0 aliphatic carbocycles. The lowest BCUT2D eigenvalue weighted by atomic mass is 10.2. The standard InChI is InChI=1S/C11H17IN2O/c12-11-3-1-10(2-4-11)9-14(6-5-13)7-8-15/h1-4,15H,5-9,13H2. The van der Waals surface area contributed by atoms with Gasteiger partial charge in [-0.05, 0) is 40.3 Å². The van der Waals surface area contributed by atoms with E-state index in [1.807, 2.05) is 0 Å². The fourth-order valence-corrected chi connectivity index (χ4v) is 1.80. The first-order chi connectivity index (χ1) is 7.26. The predicted octanol–water partition coefficient (Wildman–Crippen LogP) is 1.04. The molecular weight excluding hydrogens is 303 g/mol. The molecule has 4 heteroatoms. The fourth-order valence-electron chi connectivity index (χ4n) is 1.44. The summed E-state index contributed by atoms with van der Waals surface area (Å²) in [5.41, 5.74) is 6.77. The molecule has 0 spiro atoms. The maximum Gasteiger partial charge on any atom is 0.0558 e. The van der Waals surface area contributed by atoms with Crippen molar-refractivity contribution >= 4 is 22.6 Å². The molecule has 0 radical (unpaired) electrons. The molecule has 84 valence electrons. The van der Waals surface area contributed by atoms with E-state index in [4.69, 9.17) is 10.8 Å². The van der Waals surface area contributed by atoms with Gasteiger partial charge in [0.2, 0.25) is 0 Å². The average molecular weight is 320 g/mol. The normalized spacial score (nSPS) is 10.9. The Labute approximate surface area is 104 Å². The minimum atomic E-state index is 0.185. The zero-order valence-electron chi connectivity index (χ0n) is 8.69. The number of nitrogens with zero attached hydrogens (tertiary/aromatic N) is 1. The van der Waals surface area contributed by atoms with Gasteiger partial charge in [0.25, 0.3) is 0 Å². The second kappa shape index (κ2) is 7.16. The Bertz CT molecular complexity index is 270. The van der Waals surface area contributed by atoms with Crippen LogP contribution in [0.2, 0.25) is 0 Å². The van der Waals surface area contributed by atoms with E-state index in [-0.39, 0.29) is 6.61 Å². The molecule has 0 saturated heterocycles. The van der Waals surface area contributed by atoms with Gasteiger partial charge in [-0.2, -0.15) is 0 Å². The van der Waals surface area contributed by atoms with Gasteiger partial charge in [-0.25, -0.2) is 0 Å². The zero-order valence-corrected chi connectivity index (χ0v) is 10.9. The van der Waals surface area contributed by atoms with Gasteiger partial charge < -0.3 is 10.8 Å². The van der Waals surface area contributed by atoms with Crippen molar-refractivity contribution in [2.75, 3.05) is 26.2 Å². The number of aliphatic hydroxyl groups excluding tert-OH is 1. The quantitative estimate of drug-likeness (QED) is 0.770. The van der Waals surface area contributed by atoms with Crippen molar-refractivity contribution in [2.45, 2.75) is 6.54 Å². The largest absolute Gasteiger partial charge is 0.395 e. The third-order valence-electron chi connectivity index (χ3n) is 2.18.